The lowest BCUT2D eigenvalue weighted by Crippen LogP contribution is -2.51. The Kier molecular flexibility index (Phi) is 6.26. The summed E-state index contributed by atoms with van der Waals surface area (Å²) in [5.74, 6) is 0.238. The molecule has 2 amide bonds. The van der Waals surface area contributed by atoms with Gasteiger partial charge in [0.1, 0.15) is 0 Å². The smallest absolute Gasteiger partial charge is 0.242 e. The van der Waals surface area contributed by atoms with Crippen LogP contribution in [0.2, 0.25) is 0 Å². The molecule has 0 unspecified atom stereocenters. The summed E-state index contributed by atoms with van der Waals surface area (Å²) in [4.78, 5) is 28.7. The highest BCUT2D eigenvalue weighted by atomic mass is 32.1. The summed E-state index contributed by atoms with van der Waals surface area (Å²) in [6, 6.07) is 2.16. The molecule has 2 aliphatic rings. The van der Waals surface area contributed by atoms with Crippen molar-refractivity contribution in [2.75, 3.05) is 32.7 Å². The van der Waals surface area contributed by atoms with Crippen LogP contribution in [0.4, 0.5) is 0 Å². The maximum atomic E-state index is 12.3. The molecule has 132 valence electrons. The lowest BCUT2D eigenvalue weighted by molar-refractivity contribution is -0.135. The third-order valence-corrected chi connectivity index (χ3v) is 5.83. The topological polar surface area (TPSA) is 52.7 Å². The van der Waals surface area contributed by atoms with Crippen LogP contribution in [-0.2, 0) is 16.1 Å². The molecular weight excluding hydrogens is 322 g/mol. The molecular formula is C18H27N3O2S. The van der Waals surface area contributed by atoms with Crippen LogP contribution < -0.4 is 5.32 Å². The number of piperazine rings is 1. The third-order valence-electron chi connectivity index (χ3n) is 5.10. The highest BCUT2D eigenvalue weighted by Crippen LogP contribution is 2.23. The van der Waals surface area contributed by atoms with Crippen molar-refractivity contribution in [3.63, 3.8) is 0 Å². The first-order chi connectivity index (χ1) is 11.7. The first-order valence-electron chi connectivity index (χ1n) is 9.01. The molecule has 1 aromatic heterocycles. The van der Waals surface area contributed by atoms with Crippen LogP contribution in [0.25, 0.3) is 0 Å². The molecule has 0 aromatic carbocycles. The average molecular weight is 350 g/mol. The summed E-state index contributed by atoms with van der Waals surface area (Å²) >= 11 is 1.72. The molecule has 0 bridgehead atoms. The summed E-state index contributed by atoms with van der Waals surface area (Å²) < 4.78 is 0. The van der Waals surface area contributed by atoms with Gasteiger partial charge in [-0.2, -0.15) is 11.3 Å². The van der Waals surface area contributed by atoms with Gasteiger partial charge >= 0.3 is 0 Å². The highest BCUT2D eigenvalue weighted by molar-refractivity contribution is 7.07. The molecule has 0 atom stereocenters. The number of hydrogen-bond acceptors (Lipinski definition) is 4. The van der Waals surface area contributed by atoms with Gasteiger partial charge in [0.2, 0.25) is 11.8 Å². The number of nitrogens with zero attached hydrogens (tertiary/aromatic N) is 2. The SMILES string of the molecule is O=C(NCC(=O)N1CCN(Cc2ccsc2)CC1)C1CCCCC1. The quantitative estimate of drug-likeness (QED) is 0.886. The number of carbonyl (C=O) groups is 2. The van der Waals surface area contributed by atoms with Crippen LogP contribution in [-0.4, -0.2) is 54.3 Å². The predicted octanol–water partition coefficient (Wildman–Crippen LogP) is 2.09. The van der Waals surface area contributed by atoms with E-state index in [4.69, 9.17) is 0 Å². The largest absolute Gasteiger partial charge is 0.347 e. The fourth-order valence-electron chi connectivity index (χ4n) is 3.58. The summed E-state index contributed by atoms with van der Waals surface area (Å²) in [5.41, 5.74) is 1.35. The van der Waals surface area contributed by atoms with Crippen LogP contribution in [0, 0.1) is 5.92 Å². The molecule has 1 N–H and O–H groups in total. The number of rotatable bonds is 5. The third kappa shape index (κ3) is 4.80. The fourth-order valence-corrected chi connectivity index (χ4v) is 4.24. The van der Waals surface area contributed by atoms with Crippen molar-refractivity contribution in [3.05, 3.63) is 22.4 Å². The zero-order valence-corrected chi connectivity index (χ0v) is 15.0. The molecule has 5 nitrogen and oxygen atoms in total. The molecule has 1 saturated carbocycles. The van der Waals surface area contributed by atoms with Crippen LogP contribution in [0.5, 0.6) is 0 Å². The van der Waals surface area contributed by atoms with Gasteiger partial charge in [-0.3, -0.25) is 14.5 Å². The van der Waals surface area contributed by atoms with Gasteiger partial charge in [0.05, 0.1) is 6.54 Å². The van der Waals surface area contributed by atoms with Crippen LogP contribution in [0.1, 0.15) is 37.7 Å². The zero-order chi connectivity index (χ0) is 16.8. The summed E-state index contributed by atoms with van der Waals surface area (Å²) in [6.45, 7) is 4.42. The molecule has 2 heterocycles. The van der Waals surface area contributed by atoms with E-state index in [1.54, 1.807) is 11.3 Å². The minimum absolute atomic E-state index is 0.0503. The van der Waals surface area contributed by atoms with Gasteiger partial charge in [-0.25, -0.2) is 0 Å². The standard InChI is InChI=1S/C18H27N3O2S/c22-17(12-19-18(23)16-4-2-1-3-5-16)21-9-7-20(8-10-21)13-15-6-11-24-14-15/h6,11,14,16H,1-5,7-10,12-13H2,(H,19,23). The van der Waals surface area contributed by atoms with Gasteiger partial charge in [0, 0.05) is 38.6 Å². The zero-order valence-electron chi connectivity index (χ0n) is 14.2. The van der Waals surface area contributed by atoms with E-state index in [2.05, 4.69) is 27.0 Å². The van der Waals surface area contributed by atoms with E-state index >= 15 is 0 Å². The van der Waals surface area contributed by atoms with Gasteiger partial charge < -0.3 is 10.2 Å². The molecule has 1 aliphatic heterocycles. The van der Waals surface area contributed by atoms with Crippen molar-refractivity contribution < 1.29 is 9.59 Å². The molecule has 24 heavy (non-hydrogen) atoms. The second kappa shape index (κ2) is 8.62. The first kappa shape index (κ1) is 17.4. The van der Waals surface area contributed by atoms with Crippen molar-refractivity contribution in [2.24, 2.45) is 5.92 Å². The van der Waals surface area contributed by atoms with Crippen LogP contribution in [0.3, 0.4) is 0 Å². The van der Waals surface area contributed by atoms with Gasteiger partial charge in [0.15, 0.2) is 0 Å². The Labute approximate surface area is 148 Å². The van der Waals surface area contributed by atoms with Crippen molar-refractivity contribution in [2.45, 2.75) is 38.6 Å². The number of carbonyl (C=O) groups excluding carboxylic acids is 2. The van der Waals surface area contributed by atoms with Gasteiger partial charge in [-0.15, -0.1) is 0 Å². The molecule has 0 radical (unpaired) electrons. The van der Waals surface area contributed by atoms with Crippen molar-refractivity contribution in [3.8, 4) is 0 Å². The average Bonchev–Trinajstić information content (AvgIpc) is 3.14. The lowest BCUT2D eigenvalue weighted by Gasteiger charge is -2.34. The molecule has 1 aromatic rings. The van der Waals surface area contributed by atoms with E-state index in [9.17, 15) is 9.59 Å². The molecule has 0 spiro atoms. The molecule has 2 fully saturated rings. The Bertz CT molecular complexity index is 532. The molecule has 1 saturated heterocycles. The predicted molar refractivity (Wildman–Crippen MR) is 95.8 cm³/mol. The van der Waals surface area contributed by atoms with E-state index in [1.807, 2.05) is 4.90 Å². The minimum Gasteiger partial charge on any atom is -0.347 e. The Morgan fingerprint density at radius 2 is 1.88 bits per heavy atom. The van der Waals surface area contributed by atoms with Crippen LogP contribution in [0.15, 0.2) is 16.8 Å². The van der Waals surface area contributed by atoms with Gasteiger partial charge in [0.25, 0.3) is 0 Å². The second-order valence-corrected chi connectivity index (χ2v) is 7.62. The number of thiophene rings is 1. The molecule has 1 aliphatic carbocycles. The van der Waals surface area contributed by atoms with Crippen molar-refractivity contribution in [1.82, 2.24) is 15.1 Å². The molecule has 6 heteroatoms. The number of nitrogens with one attached hydrogen (secondary N) is 1. The lowest BCUT2D eigenvalue weighted by atomic mass is 9.89. The normalized spacial score (nSPS) is 20.1. The van der Waals surface area contributed by atoms with Gasteiger partial charge in [-0.05, 0) is 35.2 Å². The monoisotopic (exact) mass is 349 g/mol. The maximum Gasteiger partial charge on any atom is 0.242 e. The maximum absolute atomic E-state index is 12.3. The van der Waals surface area contributed by atoms with Crippen molar-refractivity contribution >= 4 is 23.2 Å². The van der Waals surface area contributed by atoms with E-state index in [-0.39, 0.29) is 24.3 Å². The highest BCUT2D eigenvalue weighted by Gasteiger charge is 2.24. The fraction of sp³-hybridized carbons (Fsp3) is 0.667. The summed E-state index contributed by atoms with van der Waals surface area (Å²) in [5, 5.41) is 7.13. The number of hydrogen-bond donors (Lipinski definition) is 1. The Morgan fingerprint density at radius 3 is 2.54 bits per heavy atom. The van der Waals surface area contributed by atoms with E-state index in [0.717, 1.165) is 58.4 Å². The Morgan fingerprint density at radius 1 is 1.12 bits per heavy atom. The number of amides is 2. The van der Waals surface area contributed by atoms with E-state index in [0.29, 0.717) is 0 Å². The van der Waals surface area contributed by atoms with E-state index < -0.39 is 0 Å². The summed E-state index contributed by atoms with van der Waals surface area (Å²) in [7, 11) is 0. The first-order valence-corrected chi connectivity index (χ1v) is 9.95. The summed E-state index contributed by atoms with van der Waals surface area (Å²) in [6.07, 6.45) is 5.46. The second-order valence-electron chi connectivity index (χ2n) is 6.84. The Hall–Kier alpha value is -1.40. The van der Waals surface area contributed by atoms with Crippen molar-refractivity contribution in [1.29, 1.82) is 0 Å². The minimum atomic E-state index is 0.0503. The van der Waals surface area contributed by atoms with Gasteiger partial charge in [-0.1, -0.05) is 19.3 Å². The molecule has 3 rings (SSSR count). The van der Waals surface area contributed by atoms with Crippen LogP contribution >= 0.6 is 11.3 Å². The Balaban J connectivity index is 1.36. The van der Waals surface area contributed by atoms with E-state index in [1.165, 1.54) is 12.0 Å².